The molecule has 136 valence electrons. The van der Waals surface area contributed by atoms with E-state index in [2.05, 4.69) is 25.8 Å². The molecule has 2 N–H and O–H groups in total. The highest BCUT2D eigenvalue weighted by Gasteiger charge is 2.44. The first-order valence-electron chi connectivity index (χ1n) is 8.61. The maximum Gasteiger partial charge on any atom is 0.707 e. The van der Waals surface area contributed by atoms with Gasteiger partial charge in [-0.3, -0.25) is 4.90 Å². The van der Waals surface area contributed by atoms with Gasteiger partial charge in [0.1, 0.15) is 11.6 Å². The van der Waals surface area contributed by atoms with Gasteiger partial charge in [0.2, 0.25) is 5.88 Å². The fraction of sp³-hybridized carbons (Fsp3) is 0.412. The van der Waals surface area contributed by atoms with Gasteiger partial charge in [0.25, 0.3) is 0 Å². The summed E-state index contributed by atoms with van der Waals surface area (Å²) in [5.74, 6) is 1.85. The van der Waals surface area contributed by atoms with E-state index in [0.717, 1.165) is 25.5 Å². The first-order valence-corrected chi connectivity index (χ1v) is 8.61. The van der Waals surface area contributed by atoms with Crippen molar-refractivity contribution in [3.8, 4) is 11.6 Å². The highest BCUT2D eigenvalue weighted by molar-refractivity contribution is 6.33. The van der Waals surface area contributed by atoms with Crippen LogP contribution in [0.3, 0.4) is 0 Å². The van der Waals surface area contributed by atoms with Gasteiger partial charge in [0.05, 0.1) is 13.3 Å². The van der Waals surface area contributed by atoms with Crippen LogP contribution in [0.15, 0.2) is 36.7 Å². The van der Waals surface area contributed by atoms with E-state index in [1.165, 1.54) is 18.2 Å². The van der Waals surface area contributed by atoms with Crippen LogP contribution in [0.2, 0.25) is 0 Å². The maximum atomic E-state index is 8.82. The number of piperazine rings is 1. The number of methoxy groups -OCH3 is 1. The van der Waals surface area contributed by atoms with Crippen LogP contribution in [-0.2, 0) is 6.54 Å². The minimum absolute atomic E-state index is 0.333. The molecule has 3 aliphatic heterocycles. The van der Waals surface area contributed by atoms with E-state index in [4.69, 9.17) is 19.4 Å². The number of ether oxygens (including phenoxy) is 1. The molecule has 26 heavy (non-hydrogen) atoms. The summed E-state index contributed by atoms with van der Waals surface area (Å²) < 4.78 is 9.90. The Kier molecular flexibility index (Phi) is 4.67. The molecule has 2 atom stereocenters. The van der Waals surface area contributed by atoms with Gasteiger partial charge in [0, 0.05) is 44.0 Å². The summed E-state index contributed by atoms with van der Waals surface area (Å²) in [5.41, 5.74) is 1.19. The molecule has 2 aromatic rings. The van der Waals surface area contributed by atoms with Gasteiger partial charge in [-0.25, -0.2) is 9.97 Å². The second-order valence-electron chi connectivity index (χ2n) is 6.63. The Morgan fingerprint density at radius 1 is 1.12 bits per heavy atom. The summed E-state index contributed by atoms with van der Waals surface area (Å²) in [6, 6.07) is 8.52. The third-order valence-electron chi connectivity index (χ3n) is 5.00. The molecule has 8 nitrogen and oxygen atoms in total. The van der Waals surface area contributed by atoms with E-state index < -0.39 is 7.32 Å². The van der Waals surface area contributed by atoms with Gasteiger partial charge in [-0.1, -0.05) is 6.07 Å². The Hall–Kier alpha value is -2.36. The van der Waals surface area contributed by atoms with Gasteiger partial charge < -0.3 is 24.3 Å². The van der Waals surface area contributed by atoms with Gasteiger partial charge in [0.15, 0.2) is 0 Å². The second kappa shape index (κ2) is 7.10. The normalized spacial score (nSPS) is 21.9. The fourth-order valence-corrected chi connectivity index (χ4v) is 3.72. The summed E-state index contributed by atoms with van der Waals surface area (Å²) in [6.07, 6.45) is 4.59. The van der Waals surface area contributed by atoms with E-state index in [0.29, 0.717) is 23.7 Å². The van der Waals surface area contributed by atoms with Crippen molar-refractivity contribution in [3.05, 3.63) is 42.2 Å². The molecule has 2 unspecified atom stereocenters. The molecular formula is C17H21BN4O4. The molecular weight excluding hydrogens is 335 g/mol. The monoisotopic (exact) mass is 356 g/mol. The zero-order valence-electron chi connectivity index (χ0n) is 14.5. The first-order chi connectivity index (χ1) is 12.6. The largest absolute Gasteiger partial charge is 0.707 e. The summed E-state index contributed by atoms with van der Waals surface area (Å²) in [5, 5.41) is 17.6. The lowest BCUT2D eigenvalue weighted by atomic mass is 9.87. The highest BCUT2D eigenvalue weighted by atomic mass is 16.6. The Labute approximate surface area is 152 Å². The third-order valence-corrected chi connectivity index (χ3v) is 5.00. The number of aromatic nitrogens is 2. The number of nitrogens with zero attached hydrogens (tertiary/aromatic N) is 4. The van der Waals surface area contributed by atoms with Crippen LogP contribution in [0.1, 0.15) is 12.0 Å². The lowest BCUT2D eigenvalue weighted by Crippen LogP contribution is -2.68. The van der Waals surface area contributed by atoms with Gasteiger partial charge >= 0.3 is 7.32 Å². The van der Waals surface area contributed by atoms with Crippen molar-refractivity contribution in [1.29, 1.82) is 0 Å². The van der Waals surface area contributed by atoms with E-state index in [-0.39, 0.29) is 0 Å². The Morgan fingerprint density at radius 2 is 1.92 bits per heavy atom. The second-order valence-corrected chi connectivity index (χ2v) is 6.63. The zero-order valence-corrected chi connectivity index (χ0v) is 14.5. The summed E-state index contributed by atoms with van der Waals surface area (Å²) in [6.45, 7) is 2.75. The average molecular weight is 356 g/mol. The number of pyridine rings is 2. The predicted octanol–water partition coefficient (Wildman–Crippen LogP) is 0.297. The molecule has 2 aromatic heterocycles. The standard InChI is InChI=1S/C17H21BN4O4/c1-25-17-5-2-12(7-20-17)9-22-13-6-14(22)11-21(10-13)16-4-3-15(8-19-16)26-18(23)24/h2-5,7-8,13-14,23-24H,6,9-11H2,1H3. The van der Waals surface area contributed by atoms with E-state index >= 15 is 0 Å². The molecule has 0 spiro atoms. The quantitative estimate of drug-likeness (QED) is 0.714. The molecule has 3 saturated heterocycles. The smallest absolute Gasteiger partial charge is 0.511 e. The summed E-state index contributed by atoms with van der Waals surface area (Å²) in [4.78, 5) is 13.4. The Balaban J connectivity index is 1.35. The lowest BCUT2D eigenvalue weighted by molar-refractivity contribution is -0.00877. The first kappa shape index (κ1) is 17.1. The molecule has 0 aliphatic carbocycles. The number of rotatable bonds is 6. The SMILES string of the molecule is COc1ccc(CN2C3CC2CN(c2ccc(OB(O)O)cn2)C3)cn1. The lowest BCUT2D eigenvalue weighted by Gasteiger charge is -2.56. The average Bonchev–Trinajstić information content (AvgIpc) is 2.66. The number of hydrogen-bond acceptors (Lipinski definition) is 8. The summed E-state index contributed by atoms with van der Waals surface area (Å²) >= 11 is 0. The van der Waals surface area contributed by atoms with Crippen molar-refractivity contribution in [2.45, 2.75) is 25.0 Å². The van der Waals surface area contributed by atoms with Crippen molar-refractivity contribution in [3.63, 3.8) is 0 Å². The van der Waals surface area contributed by atoms with Crippen LogP contribution in [-0.4, -0.2) is 64.5 Å². The molecule has 5 heterocycles. The highest BCUT2D eigenvalue weighted by Crippen LogP contribution is 2.35. The molecule has 0 aromatic carbocycles. The van der Waals surface area contributed by atoms with Gasteiger partial charge in [-0.2, -0.15) is 0 Å². The number of fused-ring (bicyclic) bond motifs is 2. The molecule has 2 bridgehead atoms. The van der Waals surface area contributed by atoms with Crippen LogP contribution >= 0.6 is 0 Å². The van der Waals surface area contributed by atoms with E-state index in [9.17, 15) is 0 Å². The number of hydrogen-bond donors (Lipinski definition) is 2. The fourth-order valence-electron chi connectivity index (χ4n) is 3.72. The van der Waals surface area contributed by atoms with Crippen LogP contribution in [0, 0.1) is 0 Å². The van der Waals surface area contributed by atoms with Gasteiger partial charge in [-0.15, -0.1) is 0 Å². The van der Waals surface area contributed by atoms with Crippen molar-refractivity contribution in [2.24, 2.45) is 0 Å². The number of anilines is 1. The minimum atomic E-state index is -1.83. The predicted molar refractivity (Wildman–Crippen MR) is 95.8 cm³/mol. The topological polar surface area (TPSA) is 91.2 Å². The van der Waals surface area contributed by atoms with Crippen molar-refractivity contribution in [2.75, 3.05) is 25.1 Å². The van der Waals surface area contributed by atoms with Crippen molar-refractivity contribution >= 4 is 13.1 Å². The molecule has 0 radical (unpaired) electrons. The van der Waals surface area contributed by atoms with Crippen molar-refractivity contribution < 1.29 is 19.4 Å². The molecule has 0 saturated carbocycles. The van der Waals surface area contributed by atoms with Crippen LogP contribution in [0.25, 0.3) is 0 Å². The third kappa shape index (κ3) is 3.46. The molecule has 5 rings (SSSR count). The van der Waals surface area contributed by atoms with Crippen molar-refractivity contribution in [1.82, 2.24) is 14.9 Å². The van der Waals surface area contributed by atoms with E-state index in [1.807, 2.05) is 18.3 Å². The summed E-state index contributed by atoms with van der Waals surface area (Å²) in [7, 11) is -0.207. The Bertz CT molecular complexity index is 731. The molecule has 3 aliphatic rings. The number of piperidine rings is 1. The van der Waals surface area contributed by atoms with Gasteiger partial charge in [-0.05, 0) is 24.1 Å². The minimum Gasteiger partial charge on any atom is -0.511 e. The van der Waals surface area contributed by atoms with Crippen LogP contribution < -0.4 is 14.3 Å². The Morgan fingerprint density at radius 3 is 2.50 bits per heavy atom. The molecule has 0 amide bonds. The zero-order chi connectivity index (χ0) is 18.1. The maximum absolute atomic E-state index is 8.82. The molecule has 3 fully saturated rings. The molecule has 9 heteroatoms. The van der Waals surface area contributed by atoms with Crippen LogP contribution in [0.4, 0.5) is 5.82 Å². The van der Waals surface area contributed by atoms with Crippen LogP contribution in [0.5, 0.6) is 11.6 Å². The van der Waals surface area contributed by atoms with E-state index in [1.54, 1.807) is 13.2 Å².